The molecule has 0 fully saturated rings. The molecule has 0 spiro atoms. The molecule has 1 atom stereocenters. The molecule has 2 amide bonds. The molecule has 0 radical (unpaired) electrons. The van der Waals surface area contributed by atoms with Crippen molar-refractivity contribution >= 4 is 62.3 Å². The highest BCUT2D eigenvalue weighted by Crippen LogP contribution is 2.33. The molecule has 0 saturated carbocycles. The zero-order valence-corrected chi connectivity index (χ0v) is 19.0. The number of rotatable bonds is 4. The number of carbonyl (C=O) groups is 2. The zero-order valence-electron chi connectivity index (χ0n) is 15.9. The summed E-state index contributed by atoms with van der Waals surface area (Å²) in [5.74, 6) is -0.732. The summed E-state index contributed by atoms with van der Waals surface area (Å²) in [6.45, 7) is 3.44. The molecule has 1 heterocycles. The molecule has 152 valence electrons. The van der Waals surface area contributed by atoms with E-state index in [-0.39, 0.29) is 12.3 Å². The number of hydrogen-bond acceptors (Lipinski definition) is 4. The van der Waals surface area contributed by atoms with Crippen LogP contribution in [0, 0.1) is 6.92 Å². The van der Waals surface area contributed by atoms with Crippen LogP contribution in [-0.4, -0.2) is 30.2 Å². The number of aryl methyl sites for hydroxylation is 1. The molecule has 0 aromatic heterocycles. The second-order valence-corrected chi connectivity index (χ2v) is 8.60. The van der Waals surface area contributed by atoms with E-state index in [9.17, 15) is 9.59 Å². The summed E-state index contributed by atoms with van der Waals surface area (Å²) in [7, 11) is 1.53. The highest BCUT2D eigenvalue weighted by Gasteiger charge is 2.43. The fourth-order valence-electron chi connectivity index (χ4n) is 3.00. The van der Waals surface area contributed by atoms with Gasteiger partial charge >= 0.3 is 0 Å². The Morgan fingerprint density at radius 1 is 1.24 bits per heavy atom. The smallest absolute Gasteiger partial charge is 0.271 e. The molecule has 2 aromatic carbocycles. The Labute approximate surface area is 186 Å². The molecule has 29 heavy (non-hydrogen) atoms. The maximum atomic E-state index is 13.0. The molecule has 2 N–H and O–H groups in total. The van der Waals surface area contributed by atoms with Crippen LogP contribution < -0.4 is 10.6 Å². The van der Waals surface area contributed by atoms with Gasteiger partial charge in [-0.25, -0.2) is 0 Å². The maximum Gasteiger partial charge on any atom is 0.271 e. The van der Waals surface area contributed by atoms with Crippen molar-refractivity contribution in [2.45, 2.75) is 25.9 Å². The Morgan fingerprint density at radius 3 is 2.62 bits per heavy atom. The Hall–Kier alpha value is -2.09. The Balaban J connectivity index is 1.85. The predicted molar refractivity (Wildman–Crippen MR) is 118 cm³/mol. The molecule has 6 nitrogen and oxygen atoms in total. The van der Waals surface area contributed by atoms with Crippen LogP contribution in [0.15, 0.2) is 40.0 Å². The van der Waals surface area contributed by atoms with Gasteiger partial charge in [0.05, 0.1) is 22.0 Å². The van der Waals surface area contributed by atoms with Crippen LogP contribution in [0.1, 0.15) is 34.8 Å². The van der Waals surface area contributed by atoms with Gasteiger partial charge in [-0.1, -0.05) is 50.4 Å². The summed E-state index contributed by atoms with van der Waals surface area (Å²) in [5, 5.41) is 10.4. The molecule has 1 aliphatic heterocycles. The third kappa shape index (κ3) is 4.42. The lowest BCUT2D eigenvalue weighted by Crippen LogP contribution is -2.41. The first kappa shape index (κ1) is 21.6. The molecule has 1 unspecified atom stereocenters. The van der Waals surface area contributed by atoms with Gasteiger partial charge < -0.3 is 15.5 Å². The Morgan fingerprint density at radius 2 is 1.97 bits per heavy atom. The third-order valence-electron chi connectivity index (χ3n) is 4.59. The number of carbonyl (C=O) groups excluding carboxylic acids is 2. The van der Waals surface area contributed by atoms with Crippen LogP contribution >= 0.6 is 39.1 Å². The highest BCUT2D eigenvalue weighted by atomic mass is 79.9. The van der Waals surface area contributed by atoms with E-state index < -0.39 is 11.5 Å². The number of anilines is 1. The minimum atomic E-state index is -1.25. The molecule has 1 aliphatic rings. The largest absolute Gasteiger partial charge is 0.379 e. The summed E-state index contributed by atoms with van der Waals surface area (Å²) in [4.78, 5) is 30.8. The van der Waals surface area contributed by atoms with Gasteiger partial charge in [-0.15, -0.1) is 0 Å². The van der Waals surface area contributed by atoms with Gasteiger partial charge in [0.25, 0.3) is 11.8 Å². The minimum absolute atomic E-state index is 0.213. The average molecular weight is 499 g/mol. The molecular formula is C20H18BrCl2N3O3. The first-order valence-electron chi connectivity index (χ1n) is 8.69. The van der Waals surface area contributed by atoms with E-state index >= 15 is 0 Å². The molecule has 0 saturated heterocycles. The van der Waals surface area contributed by atoms with E-state index in [4.69, 9.17) is 28.0 Å². The van der Waals surface area contributed by atoms with E-state index in [0.717, 1.165) is 10.0 Å². The number of oxime groups is 1. The van der Waals surface area contributed by atoms with E-state index in [1.165, 1.54) is 7.05 Å². The summed E-state index contributed by atoms with van der Waals surface area (Å²) in [5.41, 5.74) is 1.44. The second-order valence-electron chi connectivity index (χ2n) is 6.84. The molecule has 0 bridgehead atoms. The first-order chi connectivity index (χ1) is 13.6. The quantitative estimate of drug-likeness (QED) is 0.626. The van der Waals surface area contributed by atoms with E-state index in [0.29, 0.717) is 32.6 Å². The van der Waals surface area contributed by atoms with Crippen molar-refractivity contribution in [1.82, 2.24) is 5.32 Å². The predicted octanol–water partition coefficient (Wildman–Crippen LogP) is 4.95. The highest BCUT2D eigenvalue weighted by molar-refractivity contribution is 9.10. The van der Waals surface area contributed by atoms with Crippen molar-refractivity contribution in [3.05, 3.63) is 61.5 Å². The molecule has 0 aliphatic carbocycles. The number of nitrogens with one attached hydrogen (secondary N) is 2. The van der Waals surface area contributed by atoms with Gasteiger partial charge in [0, 0.05) is 28.5 Å². The topological polar surface area (TPSA) is 79.8 Å². The summed E-state index contributed by atoms with van der Waals surface area (Å²) < 4.78 is 0.734. The standard InChI is InChI=1S/C20H18BrCl2N3O3/c1-10-6-11(21)7-14(18(27)24-3)17(10)25-19(28)20(2)9-16(26-29-20)13-5-4-12(22)8-15(13)23/h4-8H,9H2,1-3H3,(H,24,27)(H,25,28). The van der Waals surface area contributed by atoms with Gasteiger partial charge in [-0.3, -0.25) is 9.59 Å². The Kier molecular flexibility index (Phi) is 6.22. The Bertz CT molecular complexity index is 1040. The average Bonchev–Trinajstić information content (AvgIpc) is 3.06. The van der Waals surface area contributed by atoms with Crippen LogP contribution in [0.5, 0.6) is 0 Å². The number of halogens is 3. The van der Waals surface area contributed by atoms with Crippen LogP contribution in [0.3, 0.4) is 0 Å². The van der Waals surface area contributed by atoms with Gasteiger partial charge in [0.1, 0.15) is 0 Å². The van der Waals surface area contributed by atoms with Gasteiger partial charge in [-0.2, -0.15) is 0 Å². The van der Waals surface area contributed by atoms with Gasteiger partial charge in [0.15, 0.2) is 0 Å². The van der Waals surface area contributed by atoms with Crippen molar-refractivity contribution in [3.63, 3.8) is 0 Å². The summed E-state index contributed by atoms with van der Waals surface area (Å²) >= 11 is 15.6. The fourth-order valence-corrected chi connectivity index (χ4v) is 4.09. The van der Waals surface area contributed by atoms with Crippen LogP contribution in [0.25, 0.3) is 0 Å². The fraction of sp³-hybridized carbons (Fsp3) is 0.250. The van der Waals surface area contributed by atoms with Crippen molar-refractivity contribution in [1.29, 1.82) is 0 Å². The van der Waals surface area contributed by atoms with Crippen LogP contribution in [0.4, 0.5) is 5.69 Å². The number of nitrogens with zero attached hydrogens (tertiary/aromatic N) is 1. The summed E-state index contributed by atoms with van der Waals surface area (Å²) in [6, 6.07) is 8.50. The van der Waals surface area contributed by atoms with E-state index in [2.05, 4.69) is 31.7 Å². The van der Waals surface area contributed by atoms with Gasteiger partial charge in [-0.05, 0) is 43.7 Å². The number of amides is 2. The van der Waals surface area contributed by atoms with Crippen molar-refractivity contribution in [2.24, 2.45) is 5.16 Å². The normalized spacial score (nSPS) is 18.1. The lowest BCUT2D eigenvalue weighted by atomic mass is 9.94. The first-order valence-corrected chi connectivity index (χ1v) is 10.2. The zero-order chi connectivity index (χ0) is 21.3. The van der Waals surface area contributed by atoms with Crippen molar-refractivity contribution < 1.29 is 14.4 Å². The third-order valence-corrected chi connectivity index (χ3v) is 5.60. The monoisotopic (exact) mass is 497 g/mol. The number of benzene rings is 2. The van der Waals surface area contributed by atoms with Crippen molar-refractivity contribution in [2.75, 3.05) is 12.4 Å². The lowest BCUT2D eigenvalue weighted by molar-refractivity contribution is -0.135. The van der Waals surface area contributed by atoms with Crippen molar-refractivity contribution in [3.8, 4) is 0 Å². The SMILES string of the molecule is CNC(=O)c1cc(Br)cc(C)c1NC(=O)C1(C)CC(c2ccc(Cl)cc2Cl)=NO1. The minimum Gasteiger partial charge on any atom is -0.379 e. The summed E-state index contributed by atoms with van der Waals surface area (Å²) in [6.07, 6.45) is 0.213. The van der Waals surface area contributed by atoms with E-state index in [1.807, 2.05) is 6.07 Å². The molecule has 3 rings (SSSR count). The molecule has 9 heteroatoms. The van der Waals surface area contributed by atoms with Crippen LogP contribution in [0.2, 0.25) is 10.0 Å². The van der Waals surface area contributed by atoms with Gasteiger partial charge in [0.2, 0.25) is 5.60 Å². The second kappa shape index (κ2) is 8.34. The van der Waals surface area contributed by atoms with Crippen LogP contribution in [-0.2, 0) is 9.63 Å². The maximum absolute atomic E-state index is 13.0. The molecular weight excluding hydrogens is 481 g/mol. The number of hydrogen-bond donors (Lipinski definition) is 2. The lowest BCUT2D eigenvalue weighted by Gasteiger charge is -2.22. The molecule has 2 aromatic rings. The van der Waals surface area contributed by atoms with E-state index in [1.54, 1.807) is 38.1 Å².